The number of nitrogens with one attached hydrogen (secondary N) is 1. The maximum atomic E-state index is 12.2. The molecule has 57 heavy (non-hydrogen) atoms. The zero-order chi connectivity index (χ0) is 42.6. The lowest BCUT2D eigenvalue weighted by Crippen LogP contribution is -2.32. The van der Waals surface area contributed by atoms with Crippen molar-refractivity contribution in [3.8, 4) is 0 Å². The second-order valence-corrected chi connectivity index (χ2v) is 20.6. The summed E-state index contributed by atoms with van der Waals surface area (Å²) >= 11 is 0. The zero-order valence-electron chi connectivity index (χ0n) is 31.7. The van der Waals surface area contributed by atoms with E-state index in [9.17, 15) is 56.7 Å². The molecule has 0 spiro atoms. The van der Waals surface area contributed by atoms with E-state index >= 15 is 0 Å². The third kappa shape index (κ3) is 11.4. The fraction of sp³-hybridized carbons (Fsp3) is 0.444. The highest BCUT2D eigenvalue weighted by Crippen LogP contribution is 2.49. The molecule has 0 radical (unpaired) electrons. The molecule has 0 bridgehead atoms. The second kappa shape index (κ2) is 17.6. The lowest BCUT2D eigenvalue weighted by atomic mass is 9.75. The zero-order valence-corrected chi connectivity index (χ0v) is 35.0. The molecule has 1 atom stereocenters. The van der Waals surface area contributed by atoms with Gasteiger partial charge in [0.25, 0.3) is 40.5 Å². The first-order valence-electron chi connectivity index (χ1n) is 17.9. The number of carbonyl (C=O) groups excluding carboxylic acids is 1. The van der Waals surface area contributed by atoms with Gasteiger partial charge in [-0.05, 0) is 68.2 Å². The average molecular weight is 874 g/mol. The normalized spacial score (nSPS) is 19.2. The molecule has 0 aromatic heterocycles. The van der Waals surface area contributed by atoms with Gasteiger partial charge in [-0.15, -0.1) is 0 Å². The summed E-state index contributed by atoms with van der Waals surface area (Å²) < 4.78 is 135. The minimum atomic E-state index is -4.60. The molecule has 21 heteroatoms. The molecule has 4 rings (SSSR count). The van der Waals surface area contributed by atoms with Crippen molar-refractivity contribution in [2.45, 2.75) is 86.3 Å². The highest BCUT2D eigenvalue weighted by atomic mass is 32.2. The fourth-order valence-electron chi connectivity index (χ4n) is 7.43. The van der Waals surface area contributed by atoms with Crippen molar-refractivity contribution in [1.82, 2.24) is 5.43 Å². The Labute approximate surface area is 334 Å². The van der Waals surface area contributed by atoms with Gasteiger partial charge in [0.1, 0.15) is 6.54 Å². The summed E-state index contributed by atoms with van der Waals surface area (Å²) in [7, 11) is -17.7. The molecule has 2 aliphatic rings. The molecule has 0 saturated carbocycles. The highest BCUT2D eigenvalue weighted by Gasteiger charge is 2.48. The molecular formula is C36H49N4O13S4+. The van der Waals surface area contributed by atoms with Crippen molar-refractivity contribution < 1.29 is 61.3 Å². The first kappa shape index (κ1) is 45.9. The standard InChI is InChI=1S/C36H48N4O13S4/c1-35(2)28-24-26(56(48,49)50)15-17-30(28)39(20-10-22-54(42,43)44)32(35)12-6-4-7-13-33-36(3,19-9-5-8-14-34(41)38-37)29-25-27(57(51,52)53)16-18-31(29)40(33)21-11-23-55(45,46)47/h4,6-7,12-13,15-18,24-25H,5,8-11,14,19-23,37H2,1-3H3,(H4-,38,41,42,43,44,45,46,47,48,49,50,51,52,53)/p+1. The molecule has 17 nitrogen and oxygen atoms in total. The Bertz CT molecular complexity index is 2460. The number of hydrazine groups is 1. The summed E-state index contributed by atoms with van der Waals surface area (Å²) in [5, 5.41) is 0. The van der Waals surface area contributed by atoms with Crippen LogP contribution in [0.5, 0.6) is 0 Å². The van der Waals surface area contributed by atoms with Crippen molar-refractivity contribution in [1.29, 1.82) is 0 Å². The first-order chi connectivity index (χ1) is 26.3. The van der Waals surface area contributed by atoms with Crippen LogP contribution in [-0.2, 0) is 56.1 Å². The summed E-state index contributed by atoms with van der Waals surface area (Å²) in [5.74, 6) is 3.84. The first-order valence-corrected chi connectivity index (χ1v) is 24.0. The van der Waals surface area contributed by atoms with Crippen LogP contribution in [0.2, 0.25) is 0 Å². The highest BCUT2D eigenvalue weighted by molar-refractivity contribution is 7.86. The molecule has 2 aromatic carbocycles. The Balaban J connectivity index is 1.76. The van der Waals surface area contributed by atoms with Crippen LogP contribution in [0.4, 0.5) is 11.4 Å². The fourth-order valence-corrected chi connectivity index (χ4v) is 9.43. The molecule has 0 aliphatic carbocycles. The molecule has 1 unspecified atom stereocenters. The second-order valence-electron chi connectivity index (χ2n) is 14.7. The molecule has 0 fully saturated rings. The van der Waals surface area contributed by atoms with Gasteiger partial charge in [-0.25, -0.2) is 5.84 Å². The summed E-state index contributed by atoms with van der Waals surface area (Å²) in [4.78, 5) is 12.9. The number of allylic oxidation sites excluding steroid dienone is 6. The smallest absolute Gasteiger partial charge is 0.294 e. The molecule has 1 amide bonds. The van der Waals surface area contributed by atoms with E-state index in [4.69, 9.17) is 5.84 Å². The van der Waals surface area contributed by atoms with E-state index < -0.39 is 62.8 Å². The maximum absolute atomic E-state index is 12.2. The van der Waals surface area contributed by atoms with Gasteiger partial charge in [-0.2, -0.15) is 38.2 Å². The van der Waals surface area contributed by atoms with Crippen LogP contribution in [-0.4, -0.2) is 92.7 Å². The number of anilines is 1. The SMILES string of the molecule is CC1(CCCCCC(=O)NN)C(/C=C/C=C/C=C2\N(CCCS(=O)(=O)O)c3ccc(S(=O)(=O)O)cc3C2(C)C)=[N+](CCCS(=O)(=O)O)c2ccc(S(=O)(=O)O)cc21. The van der Waals surface area contributed by atoms with Crippen LogP contribution < -0.4 is 16.2 Å². The van der Waals surface area contributed by atoms with Crippen molar-refractivity contribution in [3.63, 3.8) is 0 Å². The third-order valence-electron chi connectivity index (χ3n) is 10.2. The Morgan fingerprint density at radius 1 is 0.772 bits per heavy atom. The lowest BCUT2D eigenvalue weighted by molar-refractivity contribution is -0.437. The van der Waals surface area contributed by atoms with Crippen molar-refractivity contribution in [3.05, 3.63) is 83.6 Å². The predicted molar refractivity (Wildman–Crippen MR) is 214 cm³/mol. The molecule has 2 heterocycles. The van der Waals surface area contributed by atoms with E-state index in [2.05, 4.69) is 5.43 Å². The number of carbonyl (C=O) groups is 1. The molecule has 2 aliphatic heterocycles. The van der Waals surface area contributed by atoms with Gasteiger partial charge in [0.05, 0.1) is 26.7 Å². The number of nitrogens with zero attached hydrogens (tertiary/aromatic N) is 2. The molecule has 2 aromatic rings. The monoisotopic (exact) mass is 873 g/mol. The van der Waals surface area contributed by atoms with E-state index in [1.807, 2.05) is 30.2 Å². The minimum Gasteiger partial charge on any atom is -0.344 e. The molecule has 0 saturated heterocycles. The number of rotatable bonds is 19. The maximum Gasteiger partial charge on any atom is 0.294 e. The number of nitrogens with two attached hydrogens (primary N) is 1. The summed E-state index contributed by atoms with van der Waals surface area (Å²) in [5.41, 5.74) is 3.98. The quantitative estimate of drug-likeness (QED) is 0.0223. The number of amides is 1. The van der Waals surface area contributed by atoms with Gasteiger partial charge in [-0.3, -0.25) is 28.4 Å². The van der Waals surface area contributed by atoms with Gasteiger partial charge in [0.2, 0.25) is 11.6 Å². The van der Waals surface area contributed by atoms with E-state index in [0.29, 0.717) is 59.6 Å². The third-order valence-corrected chi connectivity index (χ3v) is 13.5. The number of benzene rings is 2. The Morgan fingerprint density at radius 3 is 1.96 bits per heavy atom. The Hall–Kier alpha value is -3.80. The Kier molecular flexibility index (Phi) is 14.2. The van der Waals surface area contributed by atoms with Gasteiger partial charge in [0, 0.05) is 53.9 Å². The largest absolute Gasteiger partial charge is 0.344 e. The molecule has 7 N–H and O–H groups in total. The van der Waals surface area contributed by atoms with E-state index in [1.54, 1.807) is 30.4 Å². The van der Waals surface area contributed by atoms with Crippen LogP contribution in [0.3, 0.4) is 0 Å². The van der Waals surface area contributed by atoms with E-state index in [1.165, 1.54) is 36.4 Å². The Morgan fingerprint density at radius 2 is 1.37 bits per heavy atom. The summed E-state index contributed by atoms with van der Waals surface area (Å²) in [6.07, 6.45) is 11.1. The van der Waals surface area contributed by atoms with Gasteiger partial charge >= 0.3 is 0 Å². The number of hydrogen-bond acceptors (Lipinski definition) is 11. The van der Waals surface area contributed by atoms with Crippen molar-refractivity contribution in [2.75, 3.05) is 29.5 Å². The predicted octanol–water partition coefficient (Wildman–Crippen LogP) is 3.83. The van der Waals surface area contributed by atoms with Crippen LogP contribution in [0, 0.1) is 0 Å². The summed E-state index contributed by atoms with van der Waals surface area (Å²) in [6, 6.07) is 8.28. The average Bonchev–Trinajstić information content (AvgIpc) is 3.44. The van der Waals surface area contributed by atoms with E-state index in [0.717, 1.165) is 0 Å². The molecule has 314 valence electrons. The molecular weight excluding hydrogens is 825 g/mol. The van der Waals surface area contributed by atoms with Crippen molar-refractivity contribution >= 4 is 63.5 Å². The van der Waals surface area contributed by atoms with Crippen LogP contribution in [0.15, 0.2) is 82.3 Å². The van der Waals surface area contributed by atoms with Crippen LogP contribution in [0.25, 0.3) is 0 Å². The topological polar surface area (TPSA) is 279 Å². The number of hydrogen-bond donors (Lipinski definition) is 6. The van der Waals surface area contributed by atoms with E-state index in [-0.39, 0.29) is 48.1 Å². The van der Waals surface area contributed by atoms with Crippen LogP contribution >= 0.6 is 0 Å². The van der Waals surface area contributed by atoms with Crippen molar-refractivity contribution in [2.24, 2.45) is 5.84 Å². The number of unbranched alkanes of at least 4 members (excludes halogenated alkanes) is 2. The van der Waals surface area contributed by atoms with Gasteiger partial charge in [0.15, 0.2) is 5.71 Å². The summed E-state index contributed by atoms with van der Waals surface area (Å²) in [6.45, 7) is 5.83. The van der Waals surface area contributed by atoms with Gasteiger partial charge in [-0.1, -0.05) is 44.9 Å². The van der Waals surface area contributed by atoms with Crippen LogP contribution in [0.1, 0.15) is 76.8 Å². The number of fused-ring (bicyclic) bond motifs is 2. The van der Waals surface area contributed by atoms with Gasteiger partial charge < -0.3 is 4.90 Å². The minimum absolute atomic E-state index is 0.0181. The lowest BCUT2D eigenvalue weighted by Gasteiger charge is -2.27.